The number of hydrogen-bond acceptors (Lipinski definition) is 3. The number of Topliss-reactive ketones (excluding diaryl/α,β-unsaturated/α-hetero) is 1. The maximum absolute atomic E-state index is 11.2. The van der Waals surface area contributed by atoms with Crippen LogP contribution in [0.15, 0.2) is 10.5 Å². The Morgan fingerprint density at radius 1 is 1.67 bits per heavy atom. The summed E-state index contributed by atoms with van der Waals surface area (Å²) in [6.07, 6.45) is -0.0835. The van der Waals surface area contributed by atoms with Crippen LogP contribution in [0, 0.1) is 25.2 Å². The van der Waals surface area contributed by atoms with Crippen LogP contribution in [0.1, 0.15) is 28.3 Å². The molecular weight excluding hydrogens is 154 g/mol. The van der Waals surface area contributed by atoms with Crippen LogP contribution in [0.4, 0.5) is 0 Å². The van der Waals surface area contributed by atoms with Crippen molar-refractivity contribution in [2.45, 2.75) is 20.3 Å². The fourth-order valence-electron chi connectivity index (χ4n) is 1.07. The summed E-state index contributed by atoms with van der Waals surface area (Å²) in [5.41, 5.74) is 0.522. The van der Waals surface area contributed by atoms with Crippen LogP contribution in [0.2, 0.25) is 0 Å². The Hall–Kier alpha value is -1.56. The highest BCUT2D eigenvalue weighted by atomic mass is 16.3. The molecule has 0 bridgehead atoms. The van der Waals surface area contributed by atoms with E-state index in [0.29, 0.717) is 17.1 Å². The number of ketones is 1. The molecule has 0 saturated heterocycles. The summed E-state index contributed by atoms with van der Waals surface area (Å²) < 4.78 is 5.15. The summed E-state index contributed by atoms with van der Waals surface area (Å²) in [5, 5.41) is 8.29. The van der Waals surface area contributed by atoms with Gasteiger partial charge in [-0.25, -0.2) is 0 Å². The normalized spacial score (nSPS) is 9.42. The van der Waals surface area contributed by atoms with Crippen molar-refractivity contribution in [3.8, 4) is 6.07 Å². The molecule has 1 aromatic heterocycles. The van der Waals surface area contributed by atoms with E-state index in [2.05, 4.69) is 0 Å². The quantitative estimate of drug-likeness (QED) is 0.626. The van der Waals surface area contributed by atoms with E-state index in [4.69, 9.17) is 9.68 Å². The van der Waals surface area contributed by atoms with Crippen molar-refractivity contribution in [3.05, 3.63) is 23.2 Å². The summed E-state index contributed by atoms with van der Waals surface area (Å²) in [6.45, 7) is 3.49. The molecule has 0 atom stereocenters. The van der Waals surface area contributed by atoms with Gasteiger partial charge in [0, 0.05) is 0 Å². The van der Waals surface area contributed by atoms with Crippen molar-refractivity contribution in [1.82, 2.24) is 0 Å². The number of nitriles is 1. The fraction of sp³-hybridized carbons (Fsp3) is 0.333. The van der Waals surface area contributed by atoms with Gasteiger partial charge in [0.15, 0.2) is 5.78 Å². The van der Waals surface area contributed by atoms with Gasteiger partial charge < -0.3 is 4.42 Å². The van der Waals surface area contributed by atoms with Crippen LogP contribution in [0.5, 0.6) is 0 Å². The van der Waals surface area contributed by atoms with Gasteiger partial charge in [0.1, 0.15) is 11.5 Å². The number of furan rings is 1. The van der Waals surface area contributed by atoms with Crippen LogP contribution < -0.4 is 0 Å². The first-order valence-corrected chi connectivity index (χ1v) is 3.62. The number of nitrogens with zero attached hydrogens (tertiary/aromatic N) is 1. The van der Waals surface area contributed by atoms with Crippen molar-refractivity contribution in [1.29, 1.82) is 5.26 Å². The maximum atomic E-state index is 11.2. The molecular formula is C9H9NO2. The van der Waals surface area contributed by atoms with E-state index in [9.17, 15) is 4.79 Å². The highest BCUT2D eigenvalue weighted by molar-refractivity contribution is 5.98. The third-order valence-electron chi connectivity index (χ3n) is 1.58. The average Bonchev–Trinajstić information content (AvgIpc) is 2.30. The minimum Gasteiger partial charge on any atom is -0.466 e. The monoisotopic (exact) mass is 163 g/mol. The summed E-state index contributed by atoms with van der Waals surface area (Å²) >= 11 is 0. The van der Waals surface area contributed by atoms with Crippen molar-refractivity contribution in [3.63, 3.8) is 0 Å². The van der Waals surface area contributed by atoms with Crippen LogP contribution in [-0.4, -0.2) is 5.78 Å². The first-order chi connectivity index (χ1) is 5.65. The number of carbonyl (C=O) groups is 1. The van der Waals surface area contributed by atoms with E-state index in [-0.39, 0.29) is 12.2 Å². The molecule has 0 unspecified atom stereocenters. The molecule has 0 N–H and O–H groups in total. The summed E-state index contributed by atoms with van der Waals surface area (Å²) in [7, 11) is 0. The molecule has 1 rings (SSSR count). The molecule has 0 spiro atoms. The second-order valence-corrected chi connectivity index (χ2v) is 2.58. The van der Waals surface area contributed by atoms with Gasteiger partial charge in [0.2, 0.25) is 0 Å². The van der Waals surface area contributed by atoms with Crippen LogP contribution in [0.3, 0.4) is 0 Å². The van der Waals surface area contributed by atoms with Crippen molar-refractivity contribution in [2.24, 2.45) is 0 Å². The van der Waals surface area contributed by atoms with Gasteiger partial charge in [-0.15, -0.1) is 0 Å². The molecule has 62 valence electrons. The van der Waals surface area contributed by atoms with E-state index in [1.54, 1.807) is 19.9 Å². The van der Waals surface area contributed by atoms with Crippen molar-refractivity contribution in [2.75, 3.05) is 0 Å². The van der Waals surface area contributed by atoms with E-state index in [1.165, 1.54) is 0 Å². The molecule has 3 heteroatoms. The largest absolute Gasteiger partial charge is 0.466 e. The summed E-state index contributed by atoms with van der Waals surface area (Å²) in [4.78, 5) is 11.2. The summed E-state index contributed by atoms with van der Waals surface area (Å²) in [6, 6.07) is 3.47. The van der Waals surface area contributed by atoms with Crippen LogP contribution in [0.25, 0.3) is 0 Å². The highest BCUT2D eigenvalue weighted by Crippen LogP contribution is 2.14. The lowest BCUT2D eigenvalue weighted by molar-refractivity contribution is 0.0996. The number of hydrogen-bond donors (Lipinski definition) is 0. The minimum absolute atomic E-state index is 0.0835. The standard InChI is InChI=1S/C9H9NO2/c1-6-5-8(7(2)12-6)9(11)3-4-10/h5H,3H2,1-2H3. The van der Waals surface area contributed by atoms with Gasteiger partial charge >= 0.3 is 0 Å². The molecule has 0 amide bonds. The Labute approximate surface area is 70.6 Å². The van der Waals surface area contributed by atoms with Crippen molar-refractivity contribution >= 4 is 5.78 Å². The lowest BCUT2D eigenvalue weighted by Gasteiger charge is -1.89. The van der Waals surface area contributed by atoms with E-state index >= 15 is 0 Å². The second kappa shape index (κ2) is 3.22. The zero-order valence-corrected chi connectivity index (χ0v) is 7.05. The lowest BCUT2D eigenvalue weighted by atomic mass is 10.1. The predicted octanol–water partition coefficient (Wildman–Crippen LogP) is 1.99. The lowest BCUT2D eigenvalue weighted by Crippen LogP contribution is -1.96. The van der Waals surface area contributed by atoms with E-state index in [1.807, 2.05) is 6.07 Å². The third-order valence-corrected chi connectivity index (χ3v) is 1.58. The smallest absolute Gasteiger partial charge is 0.180 e. The second-order valence-electron chi connectivity index (χ2n) is 2.58. The molecule has 0 aromatic carbocycles. The third kappa shape index (κ3) is 1.54. The topological polar surface area (TPSA) is 54.0 Å². The Balaban J connectivity index is 2.96. The average molecular weight is 163 g/mol. The number of carbonyl (C=O) groups excluding carboxylic acids is 1. The zero-order valence-electron chi connectivity index (χ0n) is 7.05. The molecule has 0 aliphatic carbocycles. The van der Waals surface area contributed by atoms with E-state index < -0.39 is 0 Å². The highest BCUT2D eigenvalue weighted by Gasteiger charge is 2.12. The molecule has 1 aromatic rings. The predicted molar refractivity (Wildman–Crippen MR) is 42.7 cm³/mol. The number of rotatable bonds is 2. The van der Waals surface area contributed by atoms with Gasteiger partial charge in [-0.2, -0.15) is 5.26 Å². The Morgan fingerprint density at radius 2 is 2.33 bits per heavy atom. The first-order valence-electron chi connectivity index (χ1n) is 3.62. The van der Waals surface area contributed by atoms with E-state index in [0.717, 1.165) is 0 Å². The molecule has 0 radical (unpaired) electrons. The van der Waals surface area contributed by atoms with Gasteiger partial charge in [-0.1, -0.05) is 0 Å². The Bertz CT molecular complexity index is 344. The number of aryl methyl sites for hydroxylation is 2. The maximum Gasteiger partial charge on any atom is 0.180 e. The Kier molecular flexibility index (Phi) is 2.29. The molecule has 12 heavy (non-hydrogen) atoms. The molecule has 0 aliphatic rings. The molecule has 3 nitrogen and oxygen atoms in total. The fourth-order valence-corrected chi connectivity index (χ4v) is 1.07. The van der Waals surface area contributed by atoms with Gasteiger partial charge in [0.05, 0.1) is 18.1 Å². The van der Waals surface area contributed by atoms with Crippen molar-refractivity contribution < 1.29 is 9.21 Å². The molecule has 0 aliphatic heterocycles. The molecule has 0 saturated carbocycles. The van der Waals surface area contributed by atoms with Crippen LogP contribution in [-0.2, 0) is 0 Å². The zero-order chi connectivity index (χ0) is 9.14. The van der Waals surface area contributed by atoms with Gasteiger partial charge in [-0.3, -0.25) is 4.79 Å². The molecule has 0 fully saturated rings. The SMILES string of the molecule is Cc1cc(C(=O)CC#N)c(C)o1. The summed E-state index contributed by atoms with van der Waals surface area (Å²) in [5.74, 6) is 1.12. The minimum atomic E-state index is -0.174. The van der Waals surface area contributed by atoms with Gasteiger partial charge in [-0.05, 0) is 19.9 Å². The first kappa shape index (κ1) is 8.54. The van der Waals surface area contributed by atoms with Gasteiger partial charge in [0.25, 0.3) is 0 Å². The Morgan fingerprint density at radius 3 is 2.75 bits per heavy atom. The molecule has 1 heterocycles. The van der Waals surface area contributed by atoms with Crippen LogP contribution >= 0.6 is 0 Å².